The molecule has 0 bridgehead atoms. The molecule has 33 heavy (non-hydrogen) atoms. The van der Waals surface area contributed by atoms with Gasteiger partial charge in [-0.25, -0.2) is 0 Å². The number of hydrogen-bond acceptors (Lipinski definition) is 7. The molecule has 3 aromatic rings. The topological polar surface area (TPSA) is 111 Å². The number of non-ortho nitro benzene ring substituents is 1. The van der Waals surface area contributed by atoms with E-state index in [1.807, 2.05) is 0 Å². The number of hydrogen-bond donors (Lipinski definition) is 0. The lowest BCUT2D eigenvalue weighted by Gasteiger charge is -2.11. The van der Waals surface area contributed by atoms with Crippen molar-refractivity contribution in [1.82, 2.24) is 4.90 Å². The molecule has 0 radical (unpaired) electrons. The van der Waals surface area contributed by atoms with Gasteiger partial charge in [-0.1, -0.05) is 23.2 Å². The van der Waals surface area contributed by atoms with E-state index in [1.54, 1.807) is 18.2 Å². The summed E-state index contributed by atoms with van der Waals surface area (Å²) in [5.41, 5.74) is 0.484. The number of nitrogens with zero attached hydrogens (tertiary/aromatic N) is 2. The molecule has 0 atom stereocenters. The second-order valence-corrected chi connectivity index (χ2v) is 8.66. The van der Waals surface area contributed by atoms with Crippen molar-refractivity contribution in [3.05, 3.63) is 91.0 Å². The normalized spacial score (nSPS) is 14.8. The van der Waals surface area contributed by atoms with Crippen LogP contribution in [0.15, 0.2) is 63.9 Å². The number of benzene rings is 2. The lowest BCUT2D eigenvalue weighted by Crippen LogP contribution is -2.33. The molecule has 1 aromatic heterocycles. The van der Waals surface area contributed by atoms with Gasteiger partial charge in [0.1, 0.15) is 11.5 Å². The number of nitro benzene ring substituents is 1. The number of halogens is 2. The summed E-state index contributed by atoms with van der Waals surface area (Å²) in [5.74, 6) is -0.538. The number of carbonyl (C=O) groups excluding carboxylic acids is 3. The first-order chi connectivity index (χ1) is 15.7. The second kappa shape index (κ2) is 9.22. The Hall–Kier alpha value is -3.40. The van der Waals surface area contributed by atoms with Gasteiger partial charge < -0.3 is 4.42 Å². The quantitative estimate of drug-likeness (QED) is 0.173. The highest BCUT2D eigenvalue weighted by atomic mass is 35.5. The summed E-state index contributed by atoms with van der Waals surface area (Å²) in [6, 6.07) is 13.2. The predicted molar refractivity (Wildman–Crippen MR) is 124 cm³/mol. The first-order valence-corrected chi connectivity index (χ1v) is 10.9. The summed E-state index contributed by atoms with van der Waals surface area (Å²) in [7, 11) is 0. The minimum absolute atomic E-state index is 0.0787. The number of thioether (sulfide) groups is 1. The number of Topliss-reactive ketones (excluding diaryl/α,β-unsaturated/α-hetero) is 1. The molecular formula is C22H12Cl2N2O6S. The highest BCUT2D eigenvalue weighted by Gasteiger charge is 2.36. The highest BCUT2D eigenvalue weighted by Crippen LogP contribution is 2.35. The van der Waals surface area contributed by atoms with Crippen LogP contribution in [0.3, 0.4) is 0 Å². The van der Waals surface area contributed by atoms with Crippen LogP contribution in [0.25, 0.3) is 17.4 Å². The van der Waals surface area contributed by atoms with Crippen LogP contribution in [0.5, 0.6) is 0 Å². The third-order valence-electron chi connectivity index (χ3n) is 4.67. The molecule has 2 heterocycles. The van der Waals surface area contributed by atoms with E-state index < -0.39 is 28.4 Å². The molecule has 1 fully saturated rings. The van der Waals surface area contributed by atoms with Crippen LogP contribution >= 0.6 is 35.0 Å². The Morgan fingerprint density at radius 1 is 1.09 bits per heavy atom. The van der Waals surface area contributed by atoms with Gasteiger partial charge in [0.15, 0.2) is 5.78 Å². The van der Waals surface area contributed by atoms with Gasteiger partial charge >= 0.3 is 0 Å². The van der Waals surface area contributed by atoms with E-state index in [0.717, 1.165) is 4.90 Å². The maximum atomic E-state index is 12.7. The fraction of sp³-hybridized carbons (Fsp3) is 0.0455. The Labute approximate surface area is 200 Å². The molecule has 1 aliphatic heterocycles. The van der Waals surface area contributed by atoms with Gasteiger partial charge in [-0.2, -0.15) is 0 Å². The molecule has 1 saturated heterocycles. The molecule has 0 spiro atoms. The number of ketones is 1. The standard InChI is InChI=1S/C22H12Cl2N2O6S/c23-13-3-1-12(2-4-13)18(27)11-25-21(28)20(33-22(25)29)10-15-6-8-19(32-15)16-9-14(26(30)31)5-7-17(16)24/h1-10H,11H2/b20-10+. The van der Waals surface area contributed by atoms with Crippen LogP contribution in [0, 0.1) is 10.1 Å². The van der Waals surface area contributed by atoms with Crippen molar-refractivity contribution in [2.24, 2.45) is 0 Å². The Kier molecular flexibility index (Phi) is 6.37. The molecular weight excluding hydrogens is 491 g/mol. The van der Waals surface area contributed by atoms with Crippen LogP contribution in [0.2, 0.25) is 10.0 Å². The van der Waals surface area contributed by atoms with E-state index in [1.165, 1.54) is 42.5 Å². The molecule has 166 valence electrons. The number of furan rings is 1. The average Bonchev–Trinajstić information content (AvgIpc) is 3.34. The Balaban J connectivity index is 1.53. The molecule has 0 unspecified atom stereocenters. The number of imide groups is 1. The van der Waals surface area contributed by atoms with Crippen LogP contribution < -0.4 is 0 Å². The Morgan fingerprint density at radius 3 is 2.52 bits per heavy atom. The maximum Gasteiger partial charge on any atom is 0.293 e. The van der Waals surface area contributed by atoms with E-state index >= 15 is 0 Å². The third-order valence-corrected chi connectivity index (χ3v) is 6.16. The number of nitro groups is 1. The predicted octanol–water partition coefficient (Wildman–Crippen LogP) is 6.08. The molecule has 1 aliphatic rings. The van der Waals surface area contributed by atoms with Gasteiger partial charge in [-0.05, 0) is 54.2 Å². The van der Waals surface area contributed by atoms with Crippen molar-refractivity contribution in [3.8, 4) is 11.3 Å². The zero-order valence-electron chi connectivity index (χ0n) is 16.5. The van der Waals surface area contributed by atoms with E-state index in [-0.39, 0.29) is 27.1 Å². The van der Waals surface area contributed by atoms with E-state index in [9.17, 15) is 24.5 Å². The van der Waals surface area contributed by atoms with E-state index in [0.29, 0.717) is 27.9 Å². The van der Waals surface area contributed by atoms with Crippen molar-refractivity contribution < 1.29 is 23.7 Å². The molecule has 0 saturated carbocycles. The molecule has 11 heteroatoms. The van der Waals surface area contributed by atoms with Crippen LogP contribution in [-0.2, 0) is 4.79 Å². The van der Waals surface area contributed by atoms with Gasteiger partial charge in [-0.15, -0.1) is 0 Å². The largest absolute Gasteiger partial charge is 0.457 e. The third kappa shape index (κ3) is 4.85. The first-order valence-electron chi connectivity index (χ1n) is 9.31. The molecule has 0 N–H and O–H groups in total. The van der Waals surface area contributed by atoms with Gasteiger partial charge in [0.05, 0.1) is 21.4 Å². The Bertz CT molecular complexity index is 1330. The minimum atomic E-state index is -0.626. The smallest absolute Gasteiger partial charge is 0.293 e. The number of amides is 2. The monoisotopic (exact) mass is 502 g/mol. The first kappa shape index (κ1) is 22.8. The number of carbonyl (C=O) groups is 3. The Morgan fingerprint density at radius 2 is 1.82 bits per heavy atom. The zero-order chi connectivity index (χ0) is 23.7. The summed E-state index contributed by atoms with van der Waals surface area (Å²) < 4.78 is 5.67. The van der Waals surface area contributed by atoms with Crippen molar-refractivity contribution in [2.45, 2.75) is 0 Å². The minimum Gasteiger partial charge on any atom is -0.457 e. The summed E-state index contributed by atoms with van der Waals surface area (Å²) in [4.78, 5) is 48.9. The molecule has 2 aromatic carbocycles. The lowest BCUT2D eigenvalue weighted by atomic mass is 10.1. The summed E-state index contributed by atoms with van der Waals surface area (Å²) in [5, 5.41) is 11.2. The fourth-order valence-electron chi connectivity index (χ4n) is 3.03. The lowest BCUT2D eigenvalue weighted by molar-refractivity contribution is -0.384. The van der Waals surface area contributed by atoms with E-state index in [4.69, 9.17) is 27.6 Å². The average molecular weight is 503 g/mol. The summed E-state index contributed by atoms with van der Waals surface area (Å²) in [6.45, 7) is -0.406. The second-order valence-electron chi connectivity index (χ2n) is 6.82. The summed E-state index contributed by atoms with van der Waals surface area (Å²) in [6.07, 6.45) is 1.37. The van der Waals surface area contributed by atoms with Crippen LogP contribution in [-0.4, -0.2) is 33.3 Å². The van der Waals surface area contributed by atoms with Crippen molar-refractivity contribution >= 4 is 63.7 Å². The van der Waals surface area contributed by atoms with Crippen molar-refractivity contribution in [1.29, 1.82) is 0 Å². The van der Waals surface area contributed by atoms with Crippen molar-refractivity contribution in [2.75, 3.05) is 6.54 Å². The molecule has 4 rings (SSSR count). The summed E-state index contributed by atoms with van der Waals surface area (Å²) >= 11 is 12.6. The maximum absolute atomic E-state index is 12.7. The highest BCUT2D eigenvalue weighted by molar-refractivity contribution is 8.18. The van der Waals surface area contributed by atoms with E-state index in [2.05, 4.69) is 0 Å². The molecule has 2 amide bonds. The van der Waals surface area contributed by atoms with Gasteiger partial charge in [-0.3, -0.25) is 29.4 Å². The molecule has 8 nitrogen and oxygen atoms in total. The van der Waals surface area contributed by atoms with Gasteiger partial charge in [0.2, 0.25) is 0 Å². The van der Waals surface area contributed by atoms with Crippen LogP contribution in [0.4, 0.5) is 10.5 Å². The van der Waals surface area contributed by atoms with Gasteiger partial charge in [0.25, 0.3) is 16.8 Å². The van der Waals surface area contributed by atoms with Crippen LogP contribution in [0.1, 0.15) is 16.1 Å². The molecule has 0 aliphatic carbocycles. The zero-order valence-corrected chi connectivity index (χ0v) is 18.8. The number of rotatable bonds is 6. The van der Waals surface area contributed by atoms with Crippen molar-refractivity contribution in [3.63, 3.8) is 0 Å². The SMILES string of the molecule is O=C(CN1C(=O)S/C(=C/c2ccc(-c3cc([N+](=O)[O-])ccc3Cl)o2)C1=O)c1ccc(Cl)cc1. The van der Waals surface area contributed by atoms with Gasteiger partial charge in [0, 0.05) is 34.4 Å². The fourth-order valence-corrected chi connectivity index (χ4v) is 4.18.